The molecule has 9 rings (SSSR count). The quantitative estimate of drug-likeness (QED) is 0.0614. The highest BCUT2D eigenvalue weighted by molar-refractivity contribution is 7.92. The Labute approximate surface area is 398 Å². The third-order valence-electron chi connectivity index (χ3n) is 14.4. The first kappa shape index (κ1) is 47.4. The maximum Gasteiger partial charge on any atom is 0.312 e. The van der Waals surface area contributed by atoms with Crippen LogP contribution in [0, 0.1) is 21.4 Å². The summed E-state index contributed by atoms with van der Waals surface area (Å²) in [6.45, 7) is 9.55. The number of piperazine rings is 1. The van der Waals surface area contributed by atoms with Gasteiger partial charge in [0.05, 0.1) is 28.9 Å². The van der Waals surface area contributed by atoms with E-state index >= 15 is 0 Å². The van der Waals surface area contributed by atoms with E-state index in [2.05, 4.69) is 82.6 Å². The van der Waals surface area contributed by atoms with Gasteiger partial charge in [-0.15, -0.1) is 0 Å². The number of sulfonamides is 1. The van der Waals surface area contributed by atoms with E-state index in [0.717, 1.165) is 107 Å². The zero-order valence-electron chi connectivity index (χ0n) is 39.1. The number of hydrogen-bond acceptors (Lipinski definition) is 14. The Balaban J connectivity index is 0.884. The zero-order valence-corrected chi connectivity index (χ0v) is 40.8. The van der Waals surface area contributed by atoms with Gasteiger partial charge in [0.1, 0.15) is 22.0 Å². The number of carbonyl (C=O) groups is 1. The van der Waals surface area contributed by atoms with Crippen LogP contribution in [0.4, 0.5) is 17.2 Å². The van der Waals surface area contributed by atoms with Crippen molar-refractivity contribution >= 4 is 53.9 Å². The molecule has 4 fully saturated rings. The molecule has 3 aromatic heterocycles. The third kappa shape index (κ3) is 10.5. The number of H-pyrrole nitrogens is 1. The number of anilines is 2. The Bertz CT molecular complexity index is 2900. The normalized spacial score (nSPS) is 21.4. The second kappa shape index (κ2) is 19.4. The first-order valence-corrected chi connectivity index (χ1v) is 27.5. The molecule has 68 heavy (non-hydrogen) atoms. The van der Waals surface area contributed by atoms with Gasteiger partial charge in [0.2, 0.25) is 5.82 Å². The summed E-state index contributed by atoms with van der Waals surface area (Å²) in [5, 5.41) is 19.7. The van der Waals surface area contributed by atoms with E-state index in [1.54, 1.807) is 43.0 Å². The van der Waals surface area contributed by atoms with Crippen molar-refractivity contribution in [3.05, 3.63) is 106 Å². The predicted molar refractivity (Wildman–Crippen MR) is 265 cm³/mol. The number of aromatic amines is 1. The molecule has 4 aliphatic rings. The summed E-state index contributed by atoms with van der Waals surface area (Å²) < 4.78 is 52.6. The standard InChI is InChI=1S/C49H62N10O7S2/c1-32(2)40-7-5-6-8-41(40)44-31-50-19-22-58(44)37-26-49(27-37)16-20-57(21-17-49)36-13-14-42(45(24-36)66-38-23-34-15-18-51-46(34)53-29-38)48(60)56-68(64,65)39-25-43(59(61)62)47(54-30-39)52-28-33-9-11-35(12-10-33)55-67(3,4)63/h5-8,13-15,18,23-25,29-30,32-33,35,37,44,50H,9-12,16-17,19-22,26-28,31H2,1-4H3,(H,51,53)(H,52,54)(H,56,60)/t33?,35?,44-/m1/s1. The van der Waals surface area contributed by atoms with Gasteiger partial charge in [-0.1, -0.05) is 38.1 Å². The Kier molecular flexibility index (Phi) is 13.5. The van der Waals surface area contributed by atoms with Gasteiger partial charge < -0.3 is 25.3 Å². The van der Waals surface area contributed by atoms with Crippen LogP contribution in [-0.4, -0.2) is 107 Å². The van der Waals surface area contributed by atoms with Crippen molar-refractivity contribution in [2.24, 2.45) is 15.7 Å². The van der Waals surface area contributed by atoms with Gasteiger partial charge >= 0.3 is 5.69 Å². The summed E-state index contributed by atoms with van der Waals surface area (Å²) >= 11 is 0. The minimum Gasteiger partial charge on any atom is -0.455 e. The molecular weight excluding hydrogens is 905 g/mol. The molecule has 0 bridgehead atoms. The smallest absolute Gasteiger partial charge is 0.312 e. The highest BCUT2D eigenvalue weighted by Crippen LogP contribution is 2.53. The number of amides is 1. The van der Waals surface area contributed by atoms with Crippen molar-refractivity contribution in [1.82, 2.24) is 29.9 Å². The second-order valence-corrected chi connectivity index (χ2v) is 24.0. The molecule has 1 atom stereocenters. The Morgan fingerprint density at radius 3 is 2.49 bits per heavy atom. The number of nitrogens with zero attached hydrogens (tertiary/aromatic N) is 6. The van der Waals surface area contributed by atoms with Crippen LogP contribution >= 0.6 is 0 Å². The molecule has 362 valence electrons. The summed E-state index contributed by atoms with van der Waals surface area (Å²) in [5.74, 6) is 0.0668. The second-order valence-electron chi connectivity index (χ2n) is 19.7. The maximum atomic E-state index is 14.0. The number of ether oxygens (including phenoxy) is 1. The molecule has 0 unspecified atom stereocenters. The Morgan fingerprint density at radius 1 is 0.985 bits per heavy atom. The van der Waals surface area contributed by atoms with Gasteiger partial charge in [-0.05, 0) is 104 Å². The van der Waals surface area contributed by atoms with Gasteiger partial charge in [0.25, 0.3) is 15.9 Å². The molecule has 4 N–H and O–H groups in total. The molecule has 2 aliphatic carbocycles. The largest absolute Gasteiger partial charge is 0.455 e. The zero-order chi connectivity index (χ0) is 47.8. The number of nitrogens with one attached hydrogen (secondary N) is 4. The monoisotopic (exact) mass is 966 g/mol. The van der Waals surface area contributed by atoms with Crippen molar-refractivity contribution in [1.29, 1.82) is 0 Å². The molecule has 0 radical (unpaired) electrons. The molecule has 5 heterocycles. The fourth-order valence-corrected chi connectivity index (χ4v) is 12.7. The predicted octanol–water partition coefficient (Wildman–Crippen LogP) is 7.99. The highest BCUT2D eigenvalue weighted by atomic mass is 32.2. The van der Waals surface area contributed by atoms with Crippen LogP contribution in [0.5, 0.6) is 11.5 Å². The minimum absolute atomic E-state index is 0.0202. The van der Waals surface area contributed by atoms with Crippen LogP contribution in [-0.2, 0) is 19.8 Å². The Hall–Kier alpha value is -5.63. The van der Waals surface area contributed by atoms with Gasteiger partial charge in [-0.3, -0.25) is 24.0 Å². The van der Waals surface area contributed by atoms with E-state index in [9.17, 15) is 27.5 Å². The highest BCUT2D eigenvalue weighted by Gasteiger charge is 2.49. The van der Waals surface area contributed by atoms with E-state index < -0.39 is 41.2 Å². The van der Waals surface area contributed by atoms with E-state index in [-0.39, 0.29) is 34.5 Å². The van der Waals surface area contributed by atoms with Gasteiger partial charge in [-0.25, -0.2) is 27.5 Å². The fraction of sp³-hybridized carbons (Fsp3) is 0.490. The average molecular weight is 967 g/mol. The van der Waals surface area contributed by atoms with Crippen LogP contribution in [0.25, 0.3) is 11.0 Å². The summed E-state index contributed by atoms with van der Waals surface area (Å²) in [7, 11) is -6.85. The van der Waals surface area contributed by atoms with Crippen molar-refractivity contribution in [2.45, 2.75) is 94.2 Å². The fourth-order valence-electron chi connectivity index (χ4n) is 10.8. The number of rotatable bonds is 14. The number of carbonyl (C=O) groups excluding carboxylic acids is 1. The SMILES string of the molecule is CC(C)c1ccccc1[C@H]1CNCCN1C1CC2(CCN(c3ccc(C(=O)NS(=O)(=O)c4cnc(NCC5CCC(N=S(C)(C)=O)CC5)c([N+](=O)[O-])c4)c(Oc4cnc5[nH]ccc5c4)c3)CC2)C1. The lowest BCUT2D eigenvalue weighted by Gasteiger charge is -2.57. The van der Waals surface area contributed by atoms with E-state index in [1.165, 1.54) is 17.3 Å². The molecule has 2 aliphatic heterocycles. The molecule has 1 amide bonds. The topological polar surface area (TPSA) is 217 Å². The van der Waals surface area contributed by atoms with Crippen LogP contribution in [0.15, 0.2) is 88.5 Å². The van der Waals surface area contributed by atoms with Crippen molar-refractivity contribution in [2.75, 3.05) is 62.0 Å². The van der Waals surface area contributed by atoms with Crippen molar-refractivity contribution in [3.8, 4) is 11.5 Å². The molecule has 2 aromatic carbocycles. The lowest BCUT2D eigenvalue weighted by Crippen LogP contribution is -2.59. The first-order valence-electron chi connectivity index (χ1n) is 23.7. The lowest BCUT2D eigenvalue weighted by atomic mass is 9.59. The average Bonchev–Trinajstić information content (AvgIpc) is 3.78. The molecule has 2 saturated carbocycles. The summed E-state index contributed by atoms with van der Waals surface area (Å²) in [6, 6.07) is 19.5. The van der Waals surface area contributed by atoms with Gasteiger partial charge in [0.15, 0.2) is 0 Å². The maximum absolute atomic E-state index is 14.0. The molecule has 5 aromatic rings. The lowest BCUT2D eigenvalue weighted by molar-refractivity contribution is -0.384. The van der Waals surface area contributed by atoms with Crippen LogP contribution in [0.2, 0.25) is 0 Å². The number of aromatic nitrogens is 3. The van der Waals surface area contributed by atoms with E-state index in [4.69, 9.17) is 4.74 Å². The molecule has 19 heteroatoms. The number of nitro groups is 1. The summed E-state index contributed by atoms with van der Waals surface area (Å²) in [6.07, 6.45) is 15.0. The number of hydrogen-bond donors (Lipinski definition) is 4. The Morgan fingerprint density at radius 2 is 1.75 bits per heavy atom. The summed E-state index contributed by atoms with van der Waals surface area (Å²) in [5.41, 5.74) is 4.04. The van der Waals surface area contributed by atoms with Crippen LogP contribution in [0.3, 0.4) is 0 Å². The number of benzene rings is 2. The summed E-state index contributed by atoms with van der Waals surface area (Å²) in [4.78, 5) is 41.7. The minimum atomic E-state index is -4.64. The molecular formula is C49H62N10O7S2. The van der Waals surface area contributed by atoms with Gasteiger partial charge in [0, 0.05) is 103 Å². The molecule has 1 spiro atoms. The van der Waals surface area contributed by atoms with Crippen LogP contribution in [0.1, 0.15) is 98.7 Å². The van der Waals surface area contributed by atoms with Gasteiger partial charge in [-0.2, -0.15) is 0 Å². The van der Waals surface area contributed by atoms with Crippen LogP contribution < -0.4 is 25.0 Å². The number of piperidine rings is 1. The van der Waals surface area contributed by atoms with E-state index in [1.807, 2.05) is 6.07 Å². The number of pyridine rings is 2. The van der Waals surface area contributed by atoms with Crippen molar-refractivity contribution in [3.63, 3.8) is 0 Å². The first-order chi connectivity index (χ1) is 32.5. The van der Waals surface area contributed by atoms with Crippen molar-refractivity contribution < 1.29 is 27.1 Å². The number of fused-ring (bicyclic) bond motifs is 1. The molecule has 17 nitrogen and oxygen atoms in total. The molecule has 2 saturated heterocycles. The third-order valence-corrected chi connectivity index (χ3v) is 16.5. The van der Waals surface area contributed by atoms with E-state index in [0.29, 0.717) is 35.9 Å².